The summed E-state index contributed by atoms with van der Waals surface area (Å²) in [6.45, 7) is 0. The fourth-order valence-electron chi connectivity index (χ4n) is 2.20. The Morgan fingerprint density at radius 2 is 1.89 bits per heavy atom. The van der Waals surface area contributed by atoms with Crippen LogP contribution in [0.25, 0.3) is 0 Å². The topological polar surface area (TPSA) is 37.3 Å². The van der Waals surface area contributed by atoms with E-state index in [1.807, 2.05) is 18.2 Å². The number of aliphatic carboxylic acids is 1. The minimum atomic E-state index is -0.725. The van der Waals surface area contributed by atoms with E-state index in [1.54, 1.807) is 11.8 Å². The SMILES string of the molecule is O=C(O)C1=C(SCCc2ccccc2)CCCC1. The molecule has 1 aliphatic rings. The maximum atomic E-state index is 11.1. The first-order valence-corrected chi connectivity index (χ1v) is 7.38. The van der Waals surface area contributed by atoms with Gasteiger partial charge >= 0.3 is 5.97 Å². The molecule has 0 saturated carbocycles. The molecule has 1 aromatic carbocycles. The molecule has 1 aromatic rings. The molecule has 1 aliphatic carbocycles. The van der Waals surface area contributed by atoms with Crippen LogP contribution >= 0.6 is 11.8 Å². The van der Waals surface area contributed by atoms with Crippen molar-refractivity contribution in [2.45, 2.75) is 32.1 Å². The van der Waals surface area contributed by atoms with Gasteiger partial charge in [-0.3, -0.25) is 0 Å². The van der Waals surface area contributed by atoms with Gasteiger partial charge in [0, 0.05) is 11.3 Å². The van der Waals surface area contributed by atoms with Crippen LogP contribution in [0.15, 0.2) is 40.8 Å². The lowest BCUT2D eigenvalue weighted by atomic mass is 9.99. The zero-order chi connectivity index (χ0) is 12.8. The Bertz CT molecular complexity index is 437. The van der Waals surface area contributed by atoms with Crippen LogP contribution in [0.1, 0.15) is 31.2 Å². The van der Waals surface area contributed by atoms with E-state index in [-0.39, 0.29) is 0 Å². The highest BCUT2D eigenvalue weighted by atomic mass is 32.2. The average Bonchev–Trinajstić information content (AvgIpc) is 2.40. The molecule has 0 spiro atoms. The summed E-state index contributed by atoms with van der Waals surface area (Å²) >= 11 is 1.73. The molecule has 18 heavy (non-hydrogen) atoms. The largest absolute Gasteiger partial charge is 0.478 e. The molecule has 0 heterocycles. The third-order valence-electron chi connectivity index (χ3n) is 3.19. The van der Waals surface area contributed by atoms with Crippen molar-refractivity contribution in [2.75, 3.05) is 5.75 Å². The third-order valence-corrected chi connectivity index (χ3v) is 4.39. The summed E-state index contributed by atoms with van der Waals surface area (Å²) in [6, 6.07) is 10.3. The second-order valence-electron chi connectivity index (χ2n) is 4.50. The van der Waals surface area contributed by atoms with Crippen molar-refractivity contribution in [3.8, 4) is 0 Å². The molecular formula is C15H18O2S. The van der Waals surface area contributed by atoms with E-state index in [1.165, 1.54) is 5.56 Å². The summed E-state index contributed by atoms with van der Waals surface area (Å²) in [5.74, 6) is 0.243. The van der Waals surface area contributed by atoms with Crippen LogP contribution in [0.5, 0.6) is 0 Å². The summed E-state index contributed by atoms with van der Waals surface area (Å²) in [5.41, 5.74) is 1.97. The van der Waals surface area contributed by atoms with E-state index in [9.17, 15) is 4.79 Å². The van der Waals surface area contributed by atoms with E-state index >= 15 is 0 Å². The van der Waals surface area contributed by atoms with Gasteiger partial charge in [-0.15, -0.1) is 11.8 Å². The van der Waals surface area contributed by atoms with Gasteiger partial charge in [0.1, 0.15) is 0 Å². The zero-order valence-corrected chi connectivity index (χ0v) is 11.2. The first-order valence-electron chi connectivity index (χ1n) is 6.39. The lowest BCUT2D eigenvalue weighted by Crippen LogP contribution is -2.08. The maximum absolute atomic E-state index is 11.1. The van der Waals surface area contributed by atoms with Crippen LogP contribution in [-0.2, 0) is 11.2 Å². The highest BCUT2D eigenvalue weighted by Gasteiger charge is 2.18. The van der Waals surface area contributed by atoms with Gasteiger partial charge < -0.3 is 5.11 Å². The van der Waals surface area contributed by atoms with Crippen molar-refractivity contribution in [1.82, 2.24) is 0 Å². The summed E-state index contributed by atoms with van der Waals surface area (Å²) < 4.78 is 0. The van der Waals surface area contributed by atoms with Crippen molar-refractivity contribution < 1.29 is 9.90 Å². The first-order chi connectivity index (χ1) is 8.77. The second kappa shape index (κ2) is 6.64. The maximum Gasteiger partial charge on any atom is 0.332 e. The molecule has 96 valence electrons. The zero-order valence-electron chi connectivity index (χ0n) is 10.4. The van der Waals surface area contributed by atoms with Crippen LogP contribution in [0.2, 0.25) is 0 Å². The van der Waals surface area contributed by atoms with E-state index in [4.69, 9.17) is 5.11 Å². The number of hydrogen-bond acceptors (Lipinski definition) is 2. The molecule has 2 nitrogen and oxygen atoms in total. The number of carboxylic acid groups (broad SMARTS) is 1. The number of carboxylic acids is 1. The third kappa shape index (κ3) is 3.64. The fraction of sp³-hybridized carbons (Fsp3) is 0.400. The Labute approximate surface area is 112 Å². The Morgan fingerprint density at radius 3 is 2.61 bits per heavy atom. The summed E-state index contributed by atoms with van der Waals surface area (Å²) in [7, 11) is 0. The molecule has 0 aromatic heterocycles. The van der Waals surface area contributed by atoms with E-state index < -0.39 is 5.97 Å². The van der Waals surface area contributed by atoms with Crippen LogP contribution in [-0.4, -0.2) is 16.8 Å². The number of aryl methyl sites for hydroxylation is 1. The predicted molar refractivity (Wildman–Crippen MR) is 75.7 cm³/mol. The van der Waals surface area contributed by atoms with E-state index in [2.05, 4.69) is 12.1 Å². The molecule has 2 rings (SSSR count). The summed E-state index contributed by atoms with van der Waals surface area (Å²) in [5, 5.41) is 9.15. The van der Waals surface area contributed by atoms with E-state index in [0.717, 1.165) is 42.8 Å². The molecule has 0 amide bonds. The summed E-state index contributed by atoms with van der Waals surface area (Å²) in [6.07, 6.45) is 4.83. The van der Waals surface area contributed by atoms with Crippen LogP contribution in [0.3, 0.4) is 0 Å². The van der Waals surface area contributed by atoms with Gasteiger partial charge in [-0.1, -0.05) is 30.3 Å². The number of benzene rings is 1. The molecule has 0 atom stereocenters. The van der Waals surface area contributed by atoms with Crippen molar-refractivity contribution in [3.05, 3.63) is 46.4 Å². The number of carbonyl (C=O) groups is 1. The highest BCUT2D eigenvalue weighted by Crippen LogP contribution is 2.33. The van der Waals surface area contributed by atoms with Gasteiger partial charge in [-0.25, -0.2) is 4.79 Å². The quantitative estimate of drug-likeness (QED) is 0.875. The molecular weight excluding hydrogens is 244 g/mol. The van der Waals surface area contributed by atoms with Crippen molar-refractivity contribution >= 4 is 17.7 Å². The number of rotatable bonds is 5. The first kappa shape index (κ1) is 13.2. The molecule has 0 bridgehead atoms. The van der Waals surface area contributed by atoms with Gasteiger partial charge in [-0.05, 0) is 42.6 Å². The molecule has 0 radical (unpaired) electrons. The number of hydrogen-bond donors (Lipinski definition) is 1. The lowest BCUT2D eigenvalue weighted by molar-refractivity contribution is -0.132. The van der Waals surface area contributed by atoms with Crippen molar-refractivity contribution in [1.29, 1.82) is 0 Å². The van der Waals surface area contributed by atoms with Crippen molar-refractivity contribution in [2.24, 2.45) is 0 Å². The van der Waals surface area contributed by atoms with E-state index in [0.29, 0.717) is 5.57 Å². The second-order valence-corrected chi connectivity index (χ2v) is 5.69. The highest BCUT2D eigenvalue weighted by molar-refractivity contribution is 8.03. The van der Waals surface area contributed by atoms with Gasteiger partial charge in [-0.2, -0.15) is 0 Å². The van der Waals surface area contributed by atoms with Crippen LogP contribution < -0.4 is 0 Å². The standard InChI is InChI=1S/C15H18O2S/c16-15(17)13-8-4-5-9-14(13)18-11-10-12-6-2-1-3-7-12/h1-3,6-7H,4-5,8-11H2,(H,16,17). The molecule has 0 aliphatic heterocycles. The Morgan fingerprint density at radius 1 is 1.17 bits per heavy atom. The fourth-order valence-corrected chi connectivity index (χ4v) is 3.44. The molecule has 1 N–H and O–H groups in total. The Kier molecular flexibility index (Phi) is 4.88. The van der Waals surface area contributed by atoms with Gasteiger partial charge in [0.15, 0.2) is 0 Å². The Balaban J connectivity index is 1.90. The van der Waals surface area contributed by atoms with Crippen molar-refractivity contribution in [3.63, 3.8) is 0 Å². The normalized spacial score (nSPS) is 15.8. The molecule has 3 heteroatoms. The van der Waals surface area contributed by atoms with Gasteiger partial charge in [0.25, 0.3) is 0 Å². The van der Waals surface area contributed by atoms with Crippen LogP contribution in [0, 0.1) is 0 Å². The minimum Gasteiger partial charge on any atom is -0.478 e. The van der Waals surface area contributed by atoms with Gasteiger partial charge in [0.2, 0.25) is 0 Å². The Hall–Kier alpha value is -1.22. The molecule has 0 fully saturated rings. The van der Waals surface area contributed by atoms with Crippen LogP contribution in [0.4, 0.5) is 0 Å². The smallest absolute Gasteiger partial charge is 0.332 e. The number of allylic oxidation sites excluding steroid dienone is 1. The predicted octanol–water partition coefficient (Wildman–Crippen LogP) is 3.88. The van der Waals surface area contributed by atoms with Gasteiger partial charge in [0.05, 0.1) is 0 Å². The average molecular weight is 262 g/mol. The molecule has 0 unspecified atom stereocenters. The molecule has 0 saturated heterocycles. The number of thioether (sulfide) groups is 1. The minimum absolute atomic E-state index is 0.652. The lowest BCUT2D eigenvalue weighted by Gasteiger charge is -2.17. The monoisotopic (exact) mass is 262 g/mol. The summed E-state index contributed by atoms with van der Waals surface area (Å²) in [4.78, 5) is 12.2.